The third-order valence-electron chi connectivity index (χ3n) is 2.85. The van der Waals surface area contributed by atoms with Crippen LogP contribution in [0, 0.1) is 0 Å². The van der Waals surface area contributed by atoms with Gasteiger partial charge in [0.2, 0.25) is 10.0 Å². The fourth-order valence-electron chi connectivity index (χ4n) is 1.86. The van der Waals surface area contributed by atoms with E-state index in [9.17, 15) is 8.42 Å². The first-order valence-corrected chi connectivity index (χ1v) is 7.42. The van der Waals surface area contributed by atoms with Crippen LogP contribution in [0.25, 0.3) is 0 Å². The average molecular weight is 250 g/mol. The molecule has 1 unspecified atom stereocenters. The maximum Gasteiger partial charge on any atom is 0.215 e. The summed E-state index contributed by atoms with van der Waals surface area (Å²) in [6.07, 6.45) is 1.90. The molecule has 0 amide bonds. The number of hydrogen-bond acceptors (Lipinski definition) is 4. The molecule has 0 radical (unpaired) electrons. The Balaban J connectivity index is 2.47. The maximum absolute atomic E-state index is 12.0. The second-order valence-electron chi connectivity index (χ2n) is 4.03. The molecule has 1 aliphatic heterocycles. The molecule has 1 aliphatic rings. The molecule has 1 saturated heterocycles. The van der Waals surface area contributed by atoms with E-state index in [1.54, 1.807) is 11.4 Å². The molecular formula is C10H22N2O3S. The number of ether oxygens (including phenoxy) is 1. The molecule has 0 bridgehead atoms. The Morgan fingerprint density at radius 2 is 2.25 bits per heavy atom. The van der Waals surface area contributed by atoms with Crippen molar-refractivity contribution in [3.63, 3.8) is 0 Å². The lowest BCUT2D eigenvalue weighted by Crippen LogP contribution is -2.45. The fourth-order valence-corrected chi connectivity index (χ4v) is 3.32. The summed E-state index contributed by atoms with van der Waals surface area (Å²) in [7, 11) is -1.47. The third-order valence-corrected chi connectivity index (χ3v) is 4.69. The van der Waals surface area contributed by atoms with Gasteiger partial charge in [-0.3, -0.25) is 0 Å². The van der Waals surface area contributed by atoms with Crippen LogP contribution >= 0.6 is 0 Å². The Bertz CT molecular complexity index is 292. The number of hydrogen-bond donors (Lipinski definition) is 1. The van der Waals surface area contributed by atoms with E-state index in [2.05, 4.69) is 5.32 Å². The Hall–Kier alpha value is -0.170. The van der Waals surface area contributed by atoms with Crippen molar-refractivity contribution in [2.24, 2.45) is 0 Å². The maximum atomic E-state index is 12.0. The van der Waals surface area contributed by atoms with Gasteiger partial charge >= 0.3 is 0 Å². The van der Waals surface area contributed by atoms with Crippen LogP contribution in [0.1, 0.15) is 19.8 Å². The summed E-state index contributed by atoms with van der Waals surface area (Å²) in [5.74, 6) is 0.178. The fraction of sp³-hybridized carbons (Fsp3) is 1.00. The molecule has 0 aromatic heterocycles. The molecule has 16 heavy (non-hydrogen) atoms. The summed E-state index contributed by atoms with van der Waals surface area (Å²) in [6, 6.07) is 0. The number of nitrogens with zero attached hydrogens (tertiary/aromatic N) is 1. The predicted molar refractivity (Wildman–Crippen MR) is 63.9 cm³/mol. The van der Waals surface area contributed by atoms with Gasteiger partial charge in [-0.15, -0.1) is 0 Å². The Kier molecular flexibility index (Phi) is 5.68. The van der Waals surface area contributed by atoms with Crippen molar-refractivity contribution < 1.29 is 13.2 Å². The van der Waals surface area contributed by atoms with E-state index >= 15 is 0 Å². The topological polar surface area (TPSA) is 58.6 Å². The van der Waals surface area contributed by atoms with Gasteiger partial charge in [-0.05, 0) is 19.4 Å². The second-order valence-corrected chi connectivity index (χ2v) is 6.12. The van der Waals surface area contributed by atoms with Crippen molar-refractivity contribution in [3.05, 3.63) is 0 Å². The van der Waals surface area contributed by atoms with Gasteiger partial charge in [0, 0.05) is 26.7 Å². The lowest BCUT2D eigenvalue weighted by molar-refractivity contribution is 0.0572. The summed E-state index contributed by atoms with van der Waals surface area (Å²) >= 11 is 0. The van der Waals surface area contributed by atoms with Gasteiger partial charge in [0.05, 0.1) is 11.9 Å². The Morgan fingerprint density at radius 3 is 2.88 bits per heavy atom. The molecule has 1 N–H and O–H groups in total. The Labute approximate surface area is 98.2 Å². The van der Waals surface area contributed by atoms with Crippen molar-refractivity contribution >= 4 is 10.0 Å². The van der Waals surface area contributed by atoms with E-state index in [-0.39, 0.29) is 11.9 Å². The predicted octanol–water partition coefficient (Wildman–Crippen LogP) is 0.0365. The van der Waals surface area contributed by atoms with Crippen LogP contribution in [0.3, 0.4) is 0 Å². The van der Waals surface area contributed by atoms with Crippen LogP contribution in [-0.4, -0.2) is 57.9 Å². The van der Waals surface area contributed by atoms with E-state index in [1.165, 1.54) is 0 Å². The Morgan fingerprint density at radius 1 is 1.50 bits per heavy atom. The standard InChI is InChI=1S/C10H22N2O3S/c1-3-11-6-8-16(13,14)12-7-4-5-10(9-12)15-2/h10-11H,3-9H2,1-2H3. The van der Waals surface area contributed by atoms with Crippen molar-refractivity contribution in [1.82, 2.24) is 9.62 Å². The van der Waals surface area contributed by atoms with Crippen molar-refractivity contribution in [2.75, 3.05) is 39.0 Å². The number of piperidine rings is 1. The van der Waals surface area contributed by atoms with Crippen molar-refractivity contribution in [1.29, 1.82) is 0 Å². The normalized spacial score (nSPS) is 23.5. The minimum Gasteiger partial charge on any atom is -0.380 e. The second kappa shape index (κ2) is 6.54. The van der Waals surface area contributed by atoms with Crippen LogP contribution < -0.4 is 5.32 Å². The summed E-state index contributed by atoms with van der Waals surface area (Å²) in [6.45, 7) is 4.43. The molecule has 0 aromatic carbocycles. The van der Waals surface area contributed by atoms with E-state index in [1.807, 2.05) is 6.92 Å². The van der Waals surface area contributed by atoms with Gasteiger partial charge in [0.25, 0.3) is 0 Å². The highest BCUT2D eigenvalue weighted by molar-refractivity contribution is 7.89. The zero-order chi connectivity index (χ0) is 12.0. The molecular weight excluding hydrogens is 228 g/mol. The quantitative estimate of drug-likeness (QED) is 0.676. The first-order chi connectivity index (χ1) is 7.60. The summed E-state index contributed by atoms with van der Waals surface area (Å²) < 4.78 is 30.7. The van der Waals surface area contributed by atoms with E-state index in [0.717, 1.165) is 19.4 Å². The highest BCUT2D eigenvalue weighted by Crippen LogP contribution is 2.15. The molecule has 1 heterocycles. The van der Waals surface area contributed by atoms with Crippen LogP contribution in [0.2, 0.25) is 0 Å². The van der Waals surface area contributed by atoms with Crippen LogP contribution in [0.4, 0.5) is 0 Å². The molecule has 96 valence electrons. The minimum absolute atomic E-state index is 0.0580. The van der Waals surface area contributed by atoms with Crippen molar-refractivity contribution in [2.45, 2.75) is 25.9 Å². The highest BCUT2D eigenvalue weighted by Gasteiger charge is 2.28. The van der Waals surface area contributed by atoms with Gasteiger partial charge in [-0.25, -0.2) is 8.42 Å². The minimum atomic E-state index is -3.11. The highest BCUT2D eigenvalue weighted by atomic mass is 32.2. The third kappa shape index (κ3) is 4.01. The summed E-state index contributed by atoms with van der Waals surface area (Å²) in [5.41, 5.74) is 0. The lowest BCUT2D eigenvalue weighted by Gasteiger charge is -2.31. The monoisotopic (exact) mass is 250 g/mol. The summed E-state index contributed by atoms with van der Waals surface area (Å²) in [4.78, 5) is 0. The lowest BCUT2D eigenvalue weighted by atomic mass is 10.1. The van der Waals surface area contributed by atoms with E-state index in [4.69, 9.17) is 4.74 Å². The van der Waals surface area contributed by atoms with Gasteiger partial charge in [-0.1, -0.05) is 6.92 Å². The molecule has 6 heteroatoms. The molecule has 0 aromatic rings. The molecule has 0 spiro atoms. The zero-order valence-electron chi connectivity index (χ0n) is 10.1. The largest absolute Gasteiger partial charge is 0.380 e. The first-order valence-electron chi connectivity index (χ1n) is 5.81. The van der Waals surface area contributed by atoms with Crippen LogP contribution in [0.15, 0.2) is 0 Å². The smallest absolute Gasteiger partial charge is 0.215 e. The number of rotatable bonds is 6. The van der Waals surface area contributed by atoms with Gasteiger partial charge < -0.3 is 10.1 Å². The zero-order valence-corrected chi connectivity index (χ0v) is 10.9. The summed E-state index contributed by atoms with van der Waals surface area (Å²) in [5, 5.41) is 3.03. The molecule has 1 rings (SSSR count). The van der Waals surface area contributed by atoms with Crippen molar-refractivity contribution in [3.8, 4) is 0 Å². The molecule has 1 fully saturated rings. The number of sulfonamides is 1. The van der Waals surface area contributed by atoms with Gasteiger partial charge in [0.15, 0.2) is 0 Å². The van der Waals surface area contributed by atoms with Gasteiger partial charge in [-0.2, -0.15) is 4.31 Å². The average Bonchev–Trinajstić information content (AvgIpc) is 2.29. The van der Waals surface area contributed by atoms with Crippen LogP contribution in [0.5, 0.6) is 0 Å². The molecule has 0 saturated carbocycles. The first kappa shape index (κ1) is 13.9. The number of methoxy groups -OCH3 is 1. The van der Waals surface area contributed by atoms with E-state index in [0.29, 0.717) is 19.6 Å². The van der Waals surface area contributed by atoms with E-state index < -0.39 is 10.0 Å². The number of nitrogens with one attached hydrogen (secondary N) is 1. The molecule has 0 aliphatic carbocycles. The van der Waals surface area contributed by atoms with Gasteiger partial charge in [0.1, 0.15) is 0 Å². The molecule has 5 nitrogen and oxygen atoms in total. The molecule has 1 atom stereocenters. The SMILES string of the molecule is CCNCCS(=O)(=O)N1CCCC(OC)C1. The van der Waals surface area contributed by atoms with Crippen LogP contribution in [-0.2, 0) is 14.8 Å².